The molecule has 1 fully saturated rings. The van der Waals surface area contributed by atoms with Crippen LogP contribution in [0.1, 0.15) is 82.9 Å². The topological polar surface area (TPSA) is 141 Å². The molecule has 0 spiro atoms. The van der Waals surface area contributed by atoms with Crippen molar-refractivity contribution in [1.82, 2.24) is 4.90 Å². The number of aromatic carboxylic acids is 1. The molecule has 2 aliphatic rings. The van der Waals surface area contributed by atoms with Crippen LogP contribution in [0.25, 0.3) is 0 Å². The molecule has 2 N–H and O–H groups in total. The molecular formula is C33H40N2O9. The highest BCUT2D eigenvalue weighted by Crippen LogP contribution is 2.43. The van der Waals surface area contributed by atoms with Gasteiger partial charge in [0.1, 0.15) is 17.9 Å². The van der Waals surface area contributed by atoms with E-state index in [1.165, 1.54) is 44.2 Å². The molecule has 0 aliphatic carbocycles. The van der Waals surface area contributed by atoms with E-state index in [1.54, 1.807) is 0 Å². The highest BCUT2D eigenvalue weighted by atomic mass is 16.6. The van der Waals surface area contributed by atoms with Crippen molar-refractivity contribution in [2.45, 2.75) is 65.4 Å². The van der Waals surface area contributed by atoms with Crippen molar-refractivity contribution in [2.75, 3.05) is 38.7 Å². The summed E-state index contributed by atoms with van der Waals surface area (Å²) in [6, 6.07) is 5.58. The van der Waals surface area contributed by atoms with Gasteiger partial charge in [-0.15, -0.1) is 0 Å². The predicted octanol–water partition coefficient (Wildman–Crippen LogP) is 5.67. The van der Waals surface area contributed by atoms with Gasteiger partial charge in [-0.1, -0.05) is 11.6 Å². The number of carboxylic acid groups (broad SMARTS) is 1. The number of amides is 1. The maximum absolute atomic E-state index is 12.9. The number of likely N-dealkylation sites (tertiary alicyclic amines) is 1. The molecule has 2 heterocycles. The summed E-state index contributed by atoms with van der Waals surface area (Å²) in [5.41, 5.74) is 3.24. The molecule has 2 aromatic rings. The number of methoxy groups -OCH3 is 1. The van der Waals surface area contributed by atoms with Gasteiger partial charge < -0.3 is 29.0 Å². The van der Waals surface area contributed by atoms with Crippen molar-refractivity contribution in [1.29, 1.82) is 0 Å². The smallest absolute Gasteiger partial charge is 0.417 e. The molecule has 236 valence electrons. The number of cyclic esters (lactones) is 1. The van der Waals surface area contributed by atoms with E-state index >= 15 is 0 Å². The van der Waals surface area contributed by atoms with Crippen LogP contribution in [0.4, 0.5) is 10.5 Å². The van der Waals surface area contributed by atoms with Gasteiger partial charge in [0.15, 0.2) is 5.75 Å². The van der Waals surface area contributed by atoms with Gasteiger partial charge in [0.2, 0.25) is 0 Å². The number of nitrogens with zero attached hydrogens (tertiary/aromatic N) is 1. The first kappa shape index (κ1) is 32.5. The molecule has 44 heavy (non-hydrogen) atoms. The number of benzene rings is 2. The molecule has 0 bridgehead atoms. The normalized spacial score (nSPS) is 14.6. The van der Waals surface area contributed by atoms with Crippen molar-refractivity contribution in [3.05, 3.63) is 63.7 Å². The second kappa shape index (κ2) is 15.4. The number of carbonyl (C=O) groups excluding carboxylic acids is 3. The summed E-state index contributed by atoms with van der Waals surface area (Å²) >= 11 is 0. The Morgan fingerprint density at radius 1 is 1.07 bits per heavy atom. The number of rotatable bonds is 14. The fourth-order valence-corrected chi connectivity index (χ4v) is 5.43. The summed E-state index contributed by atoms with van der Waals surface area (Å²) in [6.07, 6.45) is 6.43. The molecule has 11 nitrogen and oxygen atoms in total. The summed E-state index contributed by atoms with van der Waals surface area (Å²) in [4.78, 5) is 51.6. The van der Waals surface area contributed by atoms with Crippen LogP contribution in [0.5, 0.6) is 11.5 Å². The summed E-state index contributed by atoms with van der Waals surface area (Å²) in [7, 11) is 1.50. The third-order valence-corrected chi connectivity index (χ3v) is 7.91. The van der Waals surface area contributed by atoms with Gasteiger partial charge >= 0.3 is 24.0 Å². The van der Waals surface area contributed by atoms with E-state index < -0.39 is 18.0 Å². The quantitative estimate of drug-likeness (QED) is 0.157. The van der Waals surface area contributed by atoms with Crippen LogP contribution in [0, 0.1) is 6.92 Å². The van der Waals surface area contributed by atoms with Crippen molar-refractivity contribution >= 4 is 29.7 Å². The molecule has 0 atom stereocenters. The molecule has 4 rings (SSSR count). The number of ether oxygens (including phenoxy) is 4. The monoisotopic (exact) mass is 608 g/mol. The minimum absolute atomic E-state index is 0.0283. The Labute approximate surface area is 257 Å². The summed E-state index contributed by atoms with van der Waals surface area (Å²) in [6.45, 7) is 7.54. The van der Waals surface area contributed by atoms with Crippen molar-refractivity contribution in [3.8, 4) is 11.5 Å². The molecule has 0 unspecified atom stereocenters. The lowest BCUT2D eigenvalue weighted by Gasteiger charge is -2.19. The van der Waals surface area contributed by atoms with Crippen LogP contribution in [0.3, 0.4) is 0 Å². The van der Waals surface area contributed by atoms with E-state index in [4.69, 9.17) is 24.1 Å². The number of hydrogen-bond donors (Lipinski definition) is 2. The average Bonchev–Trinajstić information content (AvgIpc) is 3.66. The Morgan fingerprint density at radius 2 is 1.80 bits per heavy atom. The number of esters is 2. The van der Waals surface area contributed by atoms with E-state index in [-0.39, 0.29) is 42.3 Å². The number of nitrogens with one attached hydrogen (secondary N) is 1. The van der Waals surface area contributed by atoms with Crippen LogP contribution < -0.4 is 14.8 Å². The average molecular weight is 609 g/mol. The zero-order chi connectivity index (χ0) is 31.6. The van der Waals surface area contributed by atoms with Crippen LogP contribution in [-0.4, -0.2) is 67.4 Å². The lowest BCUT2D eigenvalue weighted by molar-refractivity contribution is -0.143. The lowest BCUT2D eigenvalue weighted by atomic mass is 9.94. The maximum atomic E-state index is 12.9. The Hall–Kier alpha value is -4.38. The zero-order valence-corrected chi connectivity index (χ0v) is 25.5. The fourth-order valence-electron chi connectivity index (χ4n) is 5.43. The summed E-state index contributed by atoms with van der Waals surface area (Å²) in [5, 5.41) is 11.7. The number of carbonyl (C=O) groups is 4. The number of unbranched alkanes of at least 4 members (excludes halogenated alkanes) is 1. The third-order valence-electron chi connectivity index (χ3n) is 7.91. The summed E-state index contributed by atoms with van der Waals surface area (Å²) < 4.78 is 22.1. The minimum atomic E-state index is -1.09. The Kier molecular flexibility index (Phi) is 11.4. The van der Waals surface area contributed by atoms with Crippen LogP contribution >= 0.6 is 0 Å². The fraction of sp³-hybridized carbons (Fsp3) is 0.455. The lowest BCUT2D eigenvalue weighted by Crippen LogP contribution is -2.20. The third kappa shape index (κ3) is 8.37. The van der Waals surface area contributed by atoms with E-state index in [9.17, 15) is 19.2 Å². The van der Waals surface area contributed by atoms with E-state index in [0.717, 1.165) is 38.0 Å². The second-order valence-corrected chi connectivity index (χ2v) is 11.0. The van der Waals surface area contributed by atoms with Gasteiger partial charge in [0.25, 0.3) is 0 Å². The van der Waals surface area contributed by atoms with Gasteiger partial charge in [-0.05, 0) is 102 Å². The largest absolute Gasteiger partial charge is 0.496 e. The van der Waals surface area contributed by atoms with Gasteiger partial charge in [-0.2, -0.15) is 0 Å². The maximum Gasteiger partial charge on any atom is 0.417 e. The summed E-state index contributed by atoms with van der Waals surface area (Å²) in [5.74, 6) is -1.45. The molecular weight excluding hydrogens is 568 g/mol. The van der Waals surface area contributed by atoms with Crippen LogP contribution in [0.2, 0.25) is 0 Å². The molecule has 0 saturated carbocycles. The first-order valence-corrected chi connectivity index (χ1v) is 14.9. The molecule has 0 radical (unpaired) electrons. The standard InChI is InChI=1S/C33H40N2O9/c1-21(9-15-27(36)42-19-7-6-18-35-16-4-5-17-35)8-14-25-29(41-3)22(2)26-20-43-32(39)28(26)30(25)44-33(40)34-24-12-10-23(11-13-24)31(37)38/h8,10-13H,4-7,9,14-20H2,1-3H3,(H,34,40)(H,37,38). The van der Waals surface area contributed by atoms with Gasteiger partial charge in [0.05, 0.1) is 19.3 Å². The highest BCUT2D eigenvalue weighted by molar-refractivity contribution is 6.00. The Balaban J connectivity index is 1.41. The van der Waals surface area contributed by atoms with Gasteiger partial charge in [0, 0.05) is 23.2 Å². The molecule has 2 aromatic carbocycles. The zero-order valence-electron chi connectivity index (χ0n) is 25.5. The Morgan fingerprint density at radius 3 is 2.48 bits per heavy atom. The molecule has 1 saturated heterocycles. The molecule has 0 aromatic heterocycles. The first-order valence-electron chi connectivity index (χ1n) is 14.9. The predicted molar refractivity (Wildman–Crippen MR) is 162 cm³/mol. The van der Waals surface area contributed by atoms with Crippen molar-refractivity contribution in [2.24, 2.45) is 0 Å². The highest BCUT2D eigenvalue weighted by Gasteiger charge is 2.34. The van der Waals surface area contributed by atoms with E-state index in [2.05, 4.69) is 10.2 Å². The number of allylic oxidation sites excluding steroid dienone is 2. The van der Waals surface area contributed by atoms with Gasteiger partial charge in [-0.3, -0.25) is 10.1 Å². The number of anilines is 1. The minimum Gasteiger partial charge on any atom is -0.496 e. The van der Waals surface area contributed by atoms with Gasteiger partial charge in [-0.25, -0.2) is 14.4 Å². The van der Waals surface area contributed by atoms with Crippen molar-refractivity contribution in [3.63, 3.8) is 0 Å². The molecule has 2 aliphatic heterocycles. The first-order chi connectivity index (χ1) is 21.2. The number of hydrogen-bond acceptors (Lipinski definition) is 9. The number of carboxylic acids is 1. The second-order valence-electron chi connectivity index (χ2n) is 11.0. The van der Waals surface area contributed by atoms with Crippen molar-refractivity contribution < 1.29 is 43.2 Å². The van der Waals surface area contributed by atoms with Crippen LogP contribution in [0.15, 0.2) is 35.9 Å². The SMILES string of the molecule is COc1c(C)c2c(c(OC(=O)Nc3ccc(C(=O)O)cc3)c1CC=C(C)CCC(=O)OCCCCN1CCCC1)C(=O)OC2. The number of fused-ring (bicyclic) bond motifs is 1. The molecule has 1 amide bonds. The van der Waals surface area contributed by atoms with E-state index in [0.29, 0.717) is 41.2 Å². The van der Waals surface area contributed by atoms with E-state index in [1.807, 2.05) is 19.9 Å². The molecule has 11 heteroatoms. The Bertz CT molecular complexity index is 1410. The van der Waals surface area contributed by atoms with Crippen LogP contribution in [-0.2, 0) is 27.3 Å².